The zero-order valence-corrected chi connectivity index (χ0v) is 9.88. The molecule has 0 saturated carbocycles. The molecule has 1 heteroatoms. The van der Waals surface area contributed by atoms with Gasteiger partial charge in [-0.05, 0) is 34.7 Å². The van der Waals surface area contributed by atoms with Crippen LogP contribution in [0.2, 0.25) is 0 Å². The molecule has 3 aromatic rings. The second kappa shape index (κ2) is 3.61. The molecule has 0 unspecified atom stereocenters. The molecule has 1 nitrogen and oxygen atoms in total. The van der Waals surface area contributed by atoms with Gasteiger partial charge in [0.2, 0.25) is 0 Å². The van der Waals surface area contributed by atoms with Gasteiger partial charge in [-0.1, -0.05) is 42.5 Å². The van der Waals surface area contributed by atoms with Crippen LogP contribution in [0, 0.1) is 6.42 Å². The van der Waals surface area contributed by atoms with Crippen molar-refractivity contribution in [2.24, 2.45) is 0 Å². The Bertz CT molecular complexity index is 762. The summed E-state index contributed by atoms with van der Waals surface area (Å²) in [6, 6.07) is 19.1. The third-order valence-corrected chi connectivity index (χ3v) is 3.48. The Morgan fingerprint density at radius 2 is 1.50 bits per heavy atom. The number of nitrogens with zero attached hydrogens (tertiary/aromatic N) is 1. The van der Waals surface area contributed by atoms with E-state index in [9.17, 15) is 0 Å². The van der Waals surface area contributed by atoms with Gasteiger partial charge >= 0.3 is 0 Å². The van der Waals surface area contributed by atoms with E-state index in [1.54, 1.807) is 0 Å². The lowest BCUT2D eigenvalue weighted by Crippen LogP contribution is -1.92. The first kappa shape index (κ1) is 9.72. The van der Waals surface area contributed by atoms with Crippen molar-refractivity contribution in [2.45, 2.75) is 0 Å². The van der Waals surface area contributed by atoms with E-state index in [1.807, 2.05) is 0 Å². The monoisotopic (exact) mass is 230 g/mol. The summed E-state index contributed by atoms with van der Waals surface area (Å²) in [5, 5.41) is 1.28. The van der Waals surface area contributed by atoms with Crippen molar-refractivity contribution in [3.05, 3.63) is 78.3 Å². The molecule has 0 N–H and O–H groups in total. The van der Waals surface area contributed by atoms with Gasteiger partial charge in [-0.2, -0.15) is 0 Å². The van der Waals surface area contributed by atoms with E-state index in [0.717, 1.165) is 0 Å². The Morgan fingerprint density at radius 3 is 2.39 bits per heavy atom. The van der Waals surface area contributed by atoms with Gasteiger partial charge in [-0.25, -0.2) is 0 Å². The molecule has 0 amide bonds. The van der Waals surface area contributed by atoms with Crippen molar-refractivity contribution in [1.29, 1.82) is 0 Å². The number of hydrogen-bond donors (Lipinski definition) is 0. The molecule has 0 atom stereocenters. The summed E-state index contributed by atoms with van der Waals surface area (Å²) < 4.78 is 2.25. The second-order valence-corrected chi connectivity index (χ2v) is 4.59. The van der Waals surface area contributed by atoms with Crippen LogP contribution in [0.3, 0.4) is 0 Å². The van der Waals surface area contributed by atoms with Gasteiger partial charge in [-0.3, -0.25) is 0 Å². The lowest BCUT2D eigenvalue weighted by molar-refractivity contribution is 1.17. The minimum absolute atomic E-state index is 1.23. The van der Waals surface area contributed by atoms with E-state index in [-0.39, 0.29) is 0 Å². The maximum atomic E-state index is 2.25. The zero-order chi connectivity index (χ0) is 11.9. The van der Waals surface area contributed by atoms with E-state index in [2.05, 4.69) is 77.9 Å². The van der Waals surface area contributed by atoms with Gasteiger partial charge in [0.05, 0.1) is 5.52 Å². The standard InChI is InChI=1S/C17H12N/c1-2-7-15-12-16(11-14(15)6-1)18-10-9-13-5-3-4-8-17(13)18/h1-12H. The fraction of sp³-hybridized carbons (Fsp3) is 0. The van der Waals surface area contributed by atoms with Crippen LogP contribution in [-0.2, 0) is 0 Å². The van der Waals surface area contributed by atoms with E-state index in [1.165, 1.54) is 27.7 Å². The van der Waals surface area contributed by atoms with Crippen molar-refractivity contribution in [1.82, 2.24) is 4.57 Å². The van der Waals surface area contributed by atoms with Gasteiger partial charge in [0.15, 0.2) is 0 Å². The average Bonchev–Trinajstić information content (AvgIpc) is 3.02. The predicted molar refractivity (Wildman–Crippen MR) is 75.9 cm³/mol. The number of benzene rings is 2. The molecule has 1 aliphatic carbocycles. The summed E-state index contributed by atoms with van der Waals surface area (Å²) in [5.74, 6) is 0. The highest BCUT2D eigenvalue weighted by Gasteiger charge is 2.14. The third-order valence-electron chi connectivity index (χ3n) is 3.48. The molecule has 1 aliphatic rings. The molecular weight excluding hydrogens is 218 g/mol. The maximum Gasteiger partial charge on any atom is 0.0525 e. The number of aromatic nitrogens is 1. The zero-order valence-electron chi connectivity index (χ0n) is 9.88. The van der Waals surface area contributed by atoms with Gasteiger partial charge in [-0.15, -0.1) is 0 Å². The molecule has 1 aromatic heterocycles. The van der Waals surface area contributed by atoms with Gasteiger partial charge in [0, 0.05) is 18.3 Å². The highest BCUT2D eigenvalue weighted by atomic mass is 15.0. The van der Waals surface area contributed by atoms with Crippen LogP contribution in [-0.4, -0.2) is 4.57 Å². The Hall–Kier alpha value is -2.28. The van der Waals surface area contributed by atoms with Gasteiger partial charge < -0.3 is 4.57 Å². The number of hydrogen-bond acceptors (Lipinski definition) is 0. The summed E-state index contributed by atoms with van der Waals surface area (Å²) >= 11 is 0. The predicted octanol–water partition coefficient (Wildman–Crippen LogP) is 4.21. The summed E-state index contributed by atoms with van der Waals surface area (Å²) in [5.41, 5.74) is 5.08. The average molecular weight is 230 g/mol. The normalized spacial score (nSPS) is 13.7. The van der Waals surface area contributed by atoms with Crippen LogP contribution in [0.25, 0.3) is 22.7 Å². The topological polar surface area (TPSA) is 4.93 Å². The minimum atomic E-state index is 1.23. The van der Waals surface area contributed by atoms with Gasteiger partial charge in [0.1, 0.15) is 0 Å². The van der Waals surface area contributed by atoms with Crippen molar-refractivity contribution in [2.75, 3.05) is 0 Å². The van der Waals surface area contributed by atoms with Crippen LogP contribution in [0.15, 0.2) is 60.8 Å². The molecule has 1 radical (unpaired) electrons. The van der Waals surface area contributed by atoms with Crippen LogP contribution < -0.4 is 0 Å². The van der Waals surface area contributed by atoms with Crippen LogP contribution in [0.5, 0.6) is 0 Å². The molecular formula is C17H12N. The number of fused-ring (bicyclic) bond motifs is 2. The Balaban J connectivity index is 1.87. The first-order chi connectivity index (χ1) is 8.92. The van der Waals surface area contributed by atoms with Crippen molar-refractivity contribution < 1.29 is 0 Å². The number of para-hydroxylation sites is 1. The smallest absolute Gasteiger partial charge is 0.0525 e. The Labute approximate surface area is 106 Å². The lowest BCUT2D eigenvalue weighted by Gasteiger charge is -2.05. The van der Waals surface area contributed by atoms with Crippen molar-refractivity contribution in [3.8, 4) is 0 Å². The van der Waals surface area contributed by atoms with Crippen LogP contribution in [0.1, 0.15) is 11.1 Å². The molecule has 0 spiro atoms. The molecule has 1 heterocycles. The fourth-order valence-corrected chi connectivity index (χ4v) is 2.58. The molecule has 0 bridgehead atoms. The summed E-state index contributed by atoms with van der Waals surface area (Å²) in [6.07, 6.45) is 6.61. The van der Waals surface area contributed by atoms with E-state index < -0.39 is 0 Å². The third kappa shape index (κ3) is 1.34. The first-order valence-electron chi connectivity index (χ1n) is 6.14. The van der Waals surface area contributed by atoms with Gasteiger partial charge in [0.25, 0.3) is 0 Å². The summed E-state index contributed by atoms with van der Waals surface area (Å²) in [7, 11) is 0. The van der Waals surface area contributed by atoms with Crippen molar-refractivity contribution >= 4 is 22.7 Å². The summed E-state index contributed by atoms with van der Waals surface area (Å²) in [4.78, 5) is 0. The molecule has 4 rings (SSSR count). The van der Waals surface area contributed by atoms with E-state index in [4.69, 9.17) is 0 Å². The lowest BCUT2D eigenvalue weighted by atomic mass is 10.1. The van der Waals surface area contributed by atoms with Crippen LogP contribution in [0.4, 0.5) is 0 Å². The second-order valence-electron chi connectivity index (χ2n) is 4.59. The number of rotatable bonds is 1. The Kier molecular flexibility index (Phi) is 1.95. The minimum Gasteiger partial charge on any atom is -0.320 e. The highest BCUT2D eigenvalue weighted by molar-refractivity contribution is 5.92. The first-order valence-corrected chi connectivity index (χ1v) is 6.14. The summed E-state index contributed by atoms with van der Waals surface area (Å²) in [6.45, 7) is 0. The quantitative estimate of drug-likeness (QED) is 0.590. The molecule has 0 fully saturated rings. The number of allylic oxidation sites excluding steroid dienone is 1. The molecule has 85 valence electrons. The molecule has 2 aromatic carbocycles. The highest BCUT2D eigenvalue weighted by Crippen LogP contribution is 2.31. The molecule has 0 aliphatic heterocycles. The molecule has 18 heavy (non-hydrogen) atoms. The van der Waals surface area contributed by atoms with Crippen molar-refractivity contribution in [3.63, 3.8) is 0 Å². The van der Waals surface area contributed by atoms with E-state index >= 15 is 0 Å². The molecule has 0 saturated heterocycles. The maximum absolute atomic E-state index is 2.25. The Morgan fingerprint density at radius 1 is 0.722 bits per heavy atom. The SMILES string of the molecule is [CH]1C(n2ccc3ccccc32)=Cc2ccccc21. The largest absolute Gasteiger partial charge is 0.320 e. The van der Waals surface area contributed by atoms with Crippen LogP contribution >= 0.6 is 0 Å². The van der Waals surface area contributed by atoms with E-state index in [0.29, 0.717) is 0 Å². The fourth-order valence-electron chi connectivity index (χ4n) is 2.58.